The minimum absolute atomic E-state index is 0.248. The molecule has 0 aromatic carbocycles. The van der Waals surface area contributed by atoms with Gasteiger partial charge in [0.05, 0.1) is 24.0 Å². The van der Waals surface area contributed by atoms with Crippen molar-refractivity contribution in [2.24, 2.45) is 5.92 Å². The fourth-order valence-electron chi connectivity index (χ4n) is 5.20. The standard InChI is InChI=1S/C24H39ClN2O8S/c1-5-6-14-7-8-15(27(10-9-14)11-16-13(3)33-24(32)34-16)22(31)26-17(12(2)25)21-19(29)18(28)20(30)23(35-21)36-4/h12,14-15,17-21,23,28-30H,5-11H2,1-4H3,(H,26,31)/t12-,14?,15-,17+,18-,19+,20+,21+,23+/m0/s1. The Morgan fingerprint density at radius 1 is 1.19 bits per heavy atom. The van der Waals surface area contributed by atoms with Crippen molar-refractivity contribution in [2.45, 2.75) is 107 Å². The Morgan fingerprint density at radius 2 is 1.92 bits per heavy atom. The second-order valence-corrected chi connectivity index (χ2v) is 11.5. The molecule has 36 heavy (non-hydrogen) atoms. The molecule has 10 nitrogen and oxygen atoms in total. The molecule has 2 saturated heterocycles. The molecule has 2 fully saturated rings. The van der Waals surface area contributed by atoms with E-state index in [1.54, 1.807) is 20.1 Å². The van der Waals surface area contributed by atoms with Crippen molar-refractivity contribution in [1.29, 1.82) is 0 Å². The van der Waals surface area contributed by atoms with Crippen LogP contribution in [0.5, 0.6) is 0 Å². The number of aryl methyl sites for hydroxylation is 1. The lowest BCUT2D eigenvalue weighted by atomic mass is 9.92. The van der Waals surface area contributed by atoms with Crippen LogP contribution in [0.15, 0.2) is 13.6 Å². The van der Waals surface area contributed by atoms with E-state index in [0.29, 0.717) is 30.4 Å². The van der Waals surface area contributed by atoms with Crippen molar-refractivity contribution in [3.63, 3.8) is 0 Å². The Kier molecular flexibility index (Phi) is 10.7. The quantitative estimate of drug-likeness (QED) is 0.334. The number of nitrogens with one attached hydrogen (secondary N) is 1. The minimum Gasteiger partial charge on any atom is -0.396 e. The second kappa shape index (κ2) is 13.1. The van der Waals surface area contributed by atoms with Crippen molar-refractivity contribution in [3.05, 3.63) is 22.1 Å². The number of halogens is 1. The summed E-state index contributed by atoms with van der Waals surface area (Å²) < 4.78 is 16.1. The van der Waals surface area contributed by atoms with Gasteiger partial charge < -0.3 is 34.2 Å². The maximum Gasteiger partial charge on any atom is 0.519 e. The molecule has 0 spiro atoms. The Bertz CT molecular complexity index is 909. The van der Waals surface area contributed by atoms with Crippen LogP contribution in [0, 0.1) is 12.8 Å². The molecule has 3 rings (SSSR count). The van der Waals surface area contributed by atoms with Crippen LogP contribution in [0.2, 0.25) is 0 Å². The highest BCUT2D eigenvalue weighted by Gasteiger charge is 2.48. The summed E-state index contributed by atoms with van der Waals surface area (Å²) in [6.07, 6.45) is 1.09. The molecular weight excluding hydrogens is 512 g/mol. The second-order valence-electron chi connectivity index (χ2n) is 9.83. The van der Waals surface area contributed by atoms with Crippen LogP contribution < -0.4 is 11.1 Å². The summed E-state index contributed by atoms with van der Waals surface area (Å²) in [5, 5.41) is 33.6. The van der Waals surface area contributed by atoms with Gasteiger partial charge in [-0.3, -0.25) is 9.69 Å². The van der Waals surface area contributed by atoms with Crippen LogP contribution in [0.25, 0.3) is 0 Å². The zero-order chi connectivity index (χ0) is 26.6. The maximum atomic E-state index is 13.7. The normalized spacial score (nSPS) is 33.6. The summed E-state index contributed by atoms with van der Waals surface area (Å²) in [6.45, 7) is 6.37. The van der Waals surface area contributed by atoms with Gasteiger partial charge in [0, 0.05) is 0 Å². The van der Waals surface area contributed by atoms with E-state index < -0.39 is 53.1 Å². The van der Waals surface area contributed by atoms with Crippen molar-refractivity contribution in [1.82, 2.24) is 10.2 Å². The number of ether oxygens (including phenoxy) is 1. The summed E-state index contributed by atoms with van der Waals surface area (Å²) in [5.74, 6) is 0.198. The number of carbonyl (C=O) groups excluding carboxylic acids is 1. The predicted molar refractivity (Wildman–Crippen MR) is 136 cm³/mol. The monoisotopic (exact) mass is 550 g/mol. The zero-order valence-corrected chi connectivity index (χ0v) is 22.8. The van der Waals surface area contributed by atoms with Crippen LogP contribution in [0.4, 0.5) is 0 Å². The highest BCUT2D eigenvalue weighted by molar-refractivity contribution is 7.99. The largest absolute Gasteiger partial charge is 0.519 e. The minimum atomic E-state index is -1.44. The molecular formula is C24H39ClN2O8S. The Labute approximate surface area is 220 Å². The SMILES string of the molecule is CCCC1CC[C@@H](C(=O)N[C@@H]([C@H]2O[C@H](SC)[C@H](O)[C@@H](O)[C@H]2O)[C@H](C)Cl)N(Cc2oc(=O)oc2C)CC1. The first-order valence-corrected chi connectivity index (χ1v) is 14.3. The Balaban J connectivity index is 1.82. The maximum absolute atomic E-state index is 13.7. The van der Waals surface area contributed by atoms with Gasteiger partial charge in [0.25, 0.3) is 0 Å². The van der Waals surface area contributed by atoms with Gasteiger partial charge in [-0.25, -0.2) is 4.79 Å². The number of aliphatic hydroxyl groups excluding tert-OH is 3. The molecule has 1 amide bonds. The van der Waals surface area contributed by atoms with E-state index in [4.69, 9.17) is 25.2 Å². The van der Waals surface area contributed by atoms with Crippen molar-refractivity contribution < 1.29 is 33.7 Å². The molecule has 9 atom stereocenters. The van der Waals surface area contributed by atoms with E-state index in [2.05, 4.69) is 12.2 Å². The number of thioether (sulfide) groups is 1. The summed E-state index contributed by atoms with van der Waals surface area (Å²) in [5.41, 5.74) is -0.778. The molecule has 0 saturated carbocycles. The fraction of sp³-hybridized carbons (Fsp3) is 0.833. The number of likely N-dealkylation sites (tertiary alicyclic amines) is 1. The molecule has 0 radical (unpaired) electrons. The van der Waals surface area contributed by atoms with E-state index in [1.165, 1.54) is 11.8 Å². The molecule has 0 bridgehead atoms. The van der Waals surface area contributed by atoms with Gasteiger partial charge in [0.1, 0.15) is 35.6 Å². The van der Waals surface area contributed by atoms with Crippen molar-refractivity contribution >= 4 is 29.3 Å². The number of carbonyl (C=O) groups is 1. The van der Waals surface area contributed by atoms with E-state index >= 15 is 0 Å². The first-order chi connectivity index (χ1) is 17.1. The Morgan fingerprint density at radius 3 is 2.50 bits per heavy atom. The van der Waals surface area contributed by atoms with Gasteiger partial charge in [0.2, 0.25) is 5.91 Å². The summed E-state index contributed by atoms with van der Waals surface area (Å²) >= 11 is 7.65. The van der Waals surface area contributed by atoms with Crippen LogP contribution >= 0.6 is 23.4 Å². The van der Waals surface area contributed by atoms with E-state index in [9.17, 15) is 24.9 Å². The van der Waals surface area contributed by atoms with Crippen molar-refractivity contribution in [3.8, 4) is 0 Å². The van der Waals surface area contributed by atoms with E-state index in [0.717, 1.165) is 25.7 Å². The fourth-order valence-corrected chi connectivity index (χ4v) is 6.08. The average molecular weight is 551 g/mol. The highest BCUT2D eigenvalue weighted by atomic mass is 35.5. The van der Waals surface area contributed by atoms with Gasteiger partial charge in [0.15, 0.2) is 5.76 Å². The number of amides is 1. The number of aliphatic hydroxyl groups is 3. The van der Waals surface area contributed by atoms with E-state index in [1.807, 2.05) is 4.90 Å². The highest BCUT2D eigenvalue weighted by Crippen LogP contribution is 2.31. The van der Waals surface area contributed by atoms with Gasteiger partial charge >= 0.3 is 5.82 Å². The first-order valence-electron chi connectivity index (χ1n) is 12.6. The van der Waals surface area contributed by atoms with Gasteiger partial charge in [-0.1, -0.05) is 19.8 Å². The molecule has 12 heteroatoms. The smallest absolute Gasteiger partial charge is 0.396 e. The first kappa shape index (κ1) is 29.5. The molecule has 3 heterocycles. The Hall–Kier alpha value is -1.08. The van der Waals surface area contributed by atoms with Gasteiger partial charge in [-0.05, 0) is 51.8 Å². The molecule has 4 N–H and O–H groups in total. The molecule has 1 aromatic heterocycles. The lowest BCUT2D eigenvalue weighted by molar-refractivity contribution is -0.205. The summed E-state index contributed by atoms with van der Waals surface area (Å²) in [7, 11) is 0. The summed E-state index contributed by atoms with van der Waals surface area (Å²) in [6, 6.07) is -1.35. The third-order valence-electron chi connectivity index (χ3n) is 7.29. The lowest BCUT2D eigenvalue weighted by Crippen LogP contribution is -2.65. The predicted octanol–water partition coefficient (Wildman–Crippen LogP) is 1.59. The molecule has 1 aromatic rings. The number of rotatable bonds is 9. The van der Waals surface area contributed by atoms with E-state index in [-0.39, 0.29) is 12.5 Å². The van der Waals surface area contributed by atoms with Gasteiger partial charge in [-0.15, -0.1) is 23.4 Å². The third kappa shape index (κ3) is 6.86. The number of nitrogens with zero attached hydrogens (tertiary/aromatic N) is 1. The van der Waals surface area contributed by atoms with Crippen LogP contribution in [-0.2, 0) is 16.1 Å². The molecule has 2 aliphatic heterocycles. The molecule has 0 aliphatic carbocycles. The third-order valence-corrected chi connectivity index (χ3v) is 8.42. The number of hydrogen-bond acceptors (Lipinski definition) is 10. The average Bonchev–Trinajstić information content (AvgIpc) is 3.02. The molecule has 2 aliphatic rings. The molecule has 206 valence electrons. The molecule has 1 unspecified atom stereocenters. The lowest BCUT2D eigenvalue weighted by Gasteiger charge is -2.44. The number of alkyl halides is 1. The van der Waals surface area contributed by atoms with Crippen molar-refractivity contribution in [2.75, 3.05) is 12.8 Å². The zero-order valence-electron chi connectivity index (χ0n) is 21.3. The van der Waals surface area contributed by atoms with Crippen LogP contribution in [0.3, 0.4) is 0 Å². The summed E-state index contributed by atoms with van der Waals surface area (Å²) in [4.78, 5) is 27.3. The van der Waals surface area contributed by atoms with Crippen LogP contribution in [-0.4, -0.2) is 86.2 Å². The topological polar surface area (TPSA) is 146 Å². The van der Waals surface area contributed by atoms with Crippen LogP contribution in [0.1, 0.15) is 57.5 Å². The van der Waals surface area contributed by atoms with Gasteiger partial charge in [-0.2, -0.15) is 0 Å². The number of hydrogen-bond donors (Lipinski definition) is 4.